The van der Waals surface area contributed by atoms with Crippen molar-refractivity contribution in [2.24, 2.45) is 0 Å². The van der Waals surface area contributed by atoms with Gasteiger partial charge in [-0.3, -0.25) is 4.79 Å². The second-order valence-electron chi connectivity index (χ2n) is 5.56. The summed E-state index contributed by atoms with van der Waals surface area (Å²) in [7, 11) is 0. The van der Waals surface area contributed by atoms with Crippen LogP contribution in [0.4, 0.5) is 0 Å². The highest BCUT2D eigenvalue weighted by Gasteiger charge is 2.11. The number of aromatic hydroxyl groups is 1. The van der Waals surface area contributed by atoms with Gasteiger partial charge < -0.3 is 15.7 Å². The molecule has 3 N–H and O–H groups in total. The number of hydrogen-bond donors (Lipinski definition) is 3. The van der Waals surface area contributed by atoms with Crippen LogP contribution in [0, 0.1) is 0 Å². The van der Waals surface area contributed by atoms with Crippen LogP contribution in [0.2, 0.25) is 0 Å². The van der Waals surface area contributed by atoms with E-state index in [-0.39, 0.29) is 11.7 Å². The molecule has 0 unspecified atom stereocenters. The quantitative estimate of drug-likeness (QED) is 0.562. The number of benzene rings is 1. The van der Waals surface area contributed by atoms with E-state index < -0.39 is 0 Å². The van der Waals surface area contributed by atoms with Crippen LogP contribution in [0.5, 0.6) is 5.75 Å². The summed E-state index contributed by atoms with van der Waals surface area (Å²) in [5.41, 5.74) is 0.477. The summed E-state index contributed by atoms with van der Waals surface area (Å²) >= 11 is 3.20. The lowest BCUT2D eigenvalue weighted by molar-refractivity contribution is 0.0953. The second-order valence-corrected chi connectivity index (χ2v) is 6.42. The number of amides is 1. The predicted molar refractivity (Wildman–Crippen MR) is 87.6 cm³/mol. The van der Waals surface area contributed by atoms with E-state index in [2.05, 4.69) is 26.6 Å². The van der Waals surface area contributed by atoms with Gasteiger partial charge in [-0.2, -0.15) is 0 Å². The Morgan fingerprint density at radius 3 is 2.57 bits per heavy atom. The summed E-state index contributed by atoms with van der Waals surface area (Å²) in [6.07, 6.45) is 7.80. The van der Waals surface area contributed by atoms with Crippen LogP contribution in [0.15, 0.2) is 22.7 Å². The summed E-state index contributed by atoms with van der Waals surface area (Å²) in [6, 6.07) is 5.44. The molecule has 0 aromatic heterocycles. The molecule has 0 aliphatic heterocycles. The summed E-state index contributed by atoms with van der Waals surface area (Å²) in [5.74, 6) is -0.0697. The Labute approximate surface area is 134 Å². The molecule has 1 saturated carbocycles. The third-order valence-electron chi connectivity index (χ3n) is 3.91. The maximum atomic E-state index is 11.9. The Hall–Kier alpha value is -1.07. The zero-order valence-electron chi connectivity index (χ0n) is 12.2. The smallest absolute Gasteiger partial charge is 0.251 e. The number of hydrogen-bond acceptors (Lipinski definition) is 3. The molecule has 0 radical (unpaired) electrons. The van der Waals surface area contributed by atoms with Crippen molar-refractivity contribution in [3.63, 3.8) is 0 Å². The lowest BCUT2D eigenvalue weighted by Gasteiger charge is -2.16. The Kier molecular flexibility index (Phi) is 6.51. The molecule has 0 heterocycles. The SMILES string of the molecule is O=C(NCCNC1CCCCCC1)c1ccc(Br)c(O)c1. The Morgan fingerprint density at radius 2 is 1.90 bits per heavy atom. The maximum Gasteiger partial charge on any atom is 0.251 e. The van der Waals surface area contributed by atoms with Crippen molar-refractivity contribution in [1.29, 1.82) is 0 Å². The first kappa shape index (κ1) is 16.3. The third-order valence-corrected chi connectivity index (χ3v) is 4.58. The first-order valence-electron chi connectivity index (χ1n) is 7.67. The molecule has 1 aliphatic carbocycles. The largest absolute Gasteiger partial charge is 0.507 e. The van der Waals surface area contributed by atoms with Gasteiger partial charge in [0.25, 0.3) is 5.91 Å². The highest BCUT2D eigenvalue weighted by Crippen LogP contribution is 2.24. The molecule has 0 spiro atoms. The van der Waals surface area contributed by atoms with Gasteiger partial charge in [0.2, 0.25) is 0 Å². The van der Waals surface area contributed by atoms with Crippen LogP contribution in [0.25, 0.3) is 0 Å². The van der Waals surface area contributed by atoms with Gasteiger partial charge in [-0.05, 0) is 47.0 Å². The van der Waals surface area contributed by atoms with E-state index in [0.29, 0.717) is 22.6 Å². The highest BCUT2D eigenvalue weighted by molar-refractivity contribution is 9.10. The fourth-order valence-corrected chi connectivity index (χ4v) is 2.94. The van der Waals surface area contributed by atoms with E-state index in [1.165, 1.54) is 44.6 Å². The third kappa shape index (κ3) is 5.32. The summed E-state index contributed by atoms with van der Waals surface area (Å²) in [4.78, 5) is 11.9. The van der Waals surface area contributed by atoms with Crippen molar-refractivity contribution in [3.05, 3.63) is 28.2 Å². The molecular formula is C16H23BrN2O2. The average molecular weight is 355 g/mol. The fraction of sp³-hybridized carbons (Fsp3) is 0.562. The zero-order chi connectivity index (χ0) is 15.1. The van der Waals surface area contributed by atoms with Crippen molar-refractivity contribution in [3.8, 4) is 5.75 Å². The van der Waals surface area contributed by atoms with Crippen LogP contribution in [-0.4, -0.2) is 30.1 Å². The van der Waals surface area contributed by atoms with Crippen LogP contribution in [0.1, 0.15) is 48.9 Å². The molecule has 0 bridgehead atoms. The molecule has 4 nitrogen and oxygen atoms in total. The minimum absolute atomic E-state index is 0.0826. The molecule has 1 aromatic carbocycles. The maximum absolute atomic E-state index is 11.9. The van der Waals surface area contributed by atoms with Crippen molar-refractivity contribution < 1.29 is 9.90 Å². The van der Waals surface area contributed by atoms with Gasteiger partial charge in [0.1, 0.15) is 5.75 Å². The molecule has 0 saturated heterocycles. The number of rotatable bonds is 5. The molecule has 116 valence electrons. The first-order valence-corrected chi connectivity index (χ1v) is 8.46. The van der Waals surface area contributed by atoms with Gasteiger partial charge in [-0.15, -0.1) is 0 Å². The number of nitrogens with one attached hydrogen (secondary N) is 2. The van der Waals surface area contributed by atoms with Crippen LogP contribution in [0.3, 0.4) is 0 Å². The summed E-state index contributed by atoms with van der Waals surface area (Å²) in [5, 5.41) is 16.0. The molecule has 21 heavy (non-hydrogen) atoms. The summed E-state index contributed by atoms with van der Waals surface area (Å²) in [6.45, 7) is 1.39. The average Bonchev–Trinajstić information content (AvgIpc) is 2.75. The van der Waals surface area contributed by atoms with E-state index in [1.54, 1.807) is 12.1 Å². The number of phenols is 1. The predicted octanol–water partition coefficient (Wildman–Crippen LogP) is 3.20. The summed E-state index contributed by atoms with van der Waals surface area (Å²) < 4.78 is 0.592. The van der Waals surface area contributed by atoms with Crippen LogP contribution < -0.4 is 10.6 Å². The Morgan fingerprint density at radius 1 is 1.19 bits per heavy atom. The standard InChI is InChI=1S/C16H23BrN2O2/c17-14-8-7-12(11-15(14)20)16(21)19-10-9-18-13-5-3-1-2-4-6-13/h7-8,11,13,18,20H,1-6,9-10H2,(H,19,21). The topological polar surface area (TPSA) is 61.4 Å². The number of phenolic OH excluding ortho intramolecular Hbond substituents is 1. The monoisotopic (exact) mass is 354 g/mol. The van der Waals surface area contributed by atoms with Crippen molar-refractivity contribution in [1.82, 2.24) is 10.6 Å². The van der Waals surface area contributed by atoms with E-state index in [4.69, 9.17) is 0 Å². The van der Waals surface area contributed by atoms with E-state index in [0.717, 1.165) is 6.54 Å². The highest BCUT2D eigenvalue weighted by atomic mass is 79.9. The molecule has 0 atom stereocenters. The number of halogens is 1. The van der Waals surface area contributed by atoms with Crippen molar-refractivity contribution in [2.45, 2.75) is 44.6 Å². The molecule has 1 fully saturated rings. The lowest BCUT2D eigenvalue weighted by Crippen LogP contribution is -2.36. The van der Waals surface area contributed by atoms with Crippen LogP contribution in [-0.2, 0) is 0 Å². The normalized spacial score (nSPS) is 16.4. The molecule has 5 heteroatoms. The molecule has 1 amide bonds. The zero-order valence-corrected chi connectivity index (χ0v) is 13.8. The lowest BCUT2D eigenvalue weighted by atomic mass is 10.1. The van der Waals surface area contributed by atoms with Crippen molar-refractivity contribution >= 4 is 21.8 Å². The van der Waals surface area contributed by atoms with E-state index >= 15 is 0 Å². The second kappa shape index (κ2) is 8.39. The van der Waals surface area contributed by atoms with Gasteiger partial charge in [-0.1, -0.05) is 25.7 Å². The number of carbonyl (C=O) groups is 1. The van der Waals surface area contributed by atoms with Gasteiger partial charge in [0, 0.05) is 24.7 Å². The first-order chi connectivity index (χ1) is 10.2. The van der Waals surface area contributed by atoms with Gasteiger partial charge >= 0.3 is 0 Å². The van der Waals surface area contributed by atoms with Crippen LogP contribution >= 0.6 is 15.9 Å². The Balaban J connectivity index is 1.70. The van der Waals surface area contributed by atoms with E-state index in [1.807, 2.05) is 0 Å². The minimum atomic E-state index is -0.152. The Bertz CT molecular complexity index is 471. The minimum Gasteiger partial charge on any atom is -0.507 e. The number of carbonyl (C=O) groups excluding carboxylic acids is 1. The van der Waals surface area contributed by atoms with Gasteiger partial charge in [0.05, 0.1) is 4.47 Å². The van der Waals surface area contributed by atoms with Gasteiger partial charge in [-0.25, -0.2) is 0 Å². The fourth-order valence-electron chi connectivity index (χ4n) is 2.69. The van der Waals surface area contributed by atoms with Crippen molar-refractivity contribution in [2.75, 3.05) is 13.1 Å². The molecule has 1 aliphatic rings. The van der Waals surface area contributed by atoms with Gasteiger partial charge in [0.15, 0.2) is 0 Å². The van der Waals surface area contributed by atoms with E-state index in [9.17, 15) is 9.90 Å². The molecular weight excluding hydrogens is 332 g/mol. The molecule has 1 aromatic rings. The molecule has 2 rings (SSSR count).